The van der Waals surface area contributed by atoms with Crippen molar-refractivity contribution in [2.75, 3.05) is 37.7 Å². The number of ether oxygens (including phenoxy) is 2. The van der Waals surface area contributed by atoms with Gasteiger partial charge in [-0.3, -0.25) is 0 Å². The fourth-order valence-electron chi connectivity index (χ4n) is 2.55. The van der Waals surface area contributed by atoms with Crippen LogP contribution in [-0.2, 0) is 22.4 Å². The molecule has 122 valence electrons. The Morgan fingerprint density at radius 3 is 2.68 bits per heavy atom. The van der Waals surface area contributed by atoms with Crippen molar-refractivity contribution < 1.29 is 14.3 Å². The van der Waals surface area contributed by atoms with Crippen LogP contribution in [0.2, 0.25) is 0 Å². The van der Waals surface area contributed by atoms with Gasteiger partial charge in [0.05, 0.1) is 25.5 Å². The number of hydrogen-bond donors (Lipinski definition) is 0. The molecule has 7 heteroatoms. The van der Waals surface area contributed by atoms with Crippen molar-refractivity contribution in [1.82, 2.24) is 9.88 Å². The molecule has 0 radical (unpaired) electrons. The molecule has 1 amide bonds. The summed E-state index contributed by atoms with van der Waals surface area (Å²) in [5.41, 5.74) is 0.676. The Balaban J connectivity index is 1.68. The number of hydrogen-bond acceptors (Lipinski definition) is 6. The first-order valence-electron chi connectivity index (χ1n) is 7.71. The van der Waals surface area contributed by atoms with Gasteiger partial charge < -0.3 is 19.3 Å². The van der Waals surface area contributed by atoms with E-state index in [1.165, 1.54) is 4.88 Å². The third-order valence-corrected chi connectivity index (χ3v) is 4.80. The third-order valence-electron chi connectivity index (χ3n) is 3.65. The number of thiazole rings is 1. The smallest absolute Gasteiger partial charge is 0.410 e. The molecule has 22 heavy (non-hydrogen) atoms. The minimum atomic E-state index is -0.454. The molecule has 1 fully saturated rings. The maximum atomic E-state index is 12.2. The van der Waals surface area contributed by atoms with Crippen LogP contribution in [0.15, 0.2) is 0 Å². The zero-order valence-corrected chi connectivity index (χ0v) is 14.2. The predicted molar refractivity (Wildman–Crippen MR) is 85.5 cm³/mol. The number of carbonyl (C=O) groups excluding carboxylic acids is 1. The third kappa shape index (κ3) is 3.52. The maximum Gasteiger partial charge on any atom is 0.410 e. The Hall–Kier alpha value is -1.34. The monoisotopic (exact) mass is 325 g/mol. The minimum absolute atomic E-state index is 0.237. The average molecular weight is 325 g/mol. The summed E-state index contributed by atoms with van der Waals surface area (Å²) in [6, 6.07) is 0. The highest BCUT2D eigenvalue weighted by Crippen LogP contribution is 2.31. The first-order chi connectivity index (χ1) is 10.4. The molecule has 0 atom stereocenters. The lowest BCUT2D eigenvalue weighted by Crippen LogP contribution is -2.39. The summed E-state index contributed by atoms with van der Waals surface area (Å²) in [5.74, 6) is 0. The van der Waals surface area contributed by atoms with E-state index in [1.54, 1.807) is 16.2 Å². The van der Waals surface area contributed by atoms with Crippen molar-refractivity contribution in [2.24, 2.45) is 0 Å². The predicted octanol–water partition coefficient (Wildman–Crippen LogP) is 2.27. The van der Waals surface area contributed by atoms with Crippen molar-refractivity contribution in [1.29, 1.82) is 0 Å². The molecule has 2 aliphatic heterocycles. The van der Waals surface area contributed by atoms with E-state index in [9.17, 15) is 4.79 Å². The fourth-order valence-corrected chi connectivity index (χ4v) is 3.73. The van der Waals surface area contributed by atoms with E-state index < -0.39 is 5.60 Å². The number of aromatic nitrogens is 1. The highest BCUT2D eigenvalue weighted by molar-refractivity contribution is 7.15. The van der Waals surface area contributed by atoms with E-state index in [0.29, 0.717) is 13.1 Å². The number of fused-ring (bicyclic) bond motifs is 1. The number of nitrogens with zero attached hydrogens (tertiary/aromatic N) is 3. The standard InChI is InChI=1S/C15H23N3O3S/c1-15(2,3)21-14(19)18-5-4-11-12(10-18)22-13(16-11)17-6-8-20-9-7-17/h4-10H2,1-3H3. The van der Waals surface area contributed by atoms with Gasteiger partial charge in [0.1, 0.15) is 5.60 Å². The van der Waals surface area contributed by atoms with Gasteiger partial charge in [-0.15, -0.1) is 0 Å². The second kappa shape index (κ2) is 6.04. The van der Waals surface area contributed by atoms with E-state index in [4.69, 9.17) is 14.5 Å². The normalized spacial score (nSPS) is 19.0. The molecule has 3 rings (SSSR count). The second-order valence-electron chi connectivity index (χ2n) is 6.62. The number of rotatable bonds is 1. The number of morpholine rings is 1. The number of carbonyl (C=O) groups is 1. The Labute approximate surface area is 135 Å². The fraction of sp³-hybridized carbons (Fsp3) is 0.733. The summed E-state index contributed by atoms with van der Waals surface area (Å²) in [7, 11) is 0. The van der Waals surface area contributed by atoms with Gasteiger partial charge >= 0.3 is 6.09 Å². The van der Waals surface area contributed by atoms with Crippen LogP contribution in [0.3, 0.4) is 0 Å². The Kier molecular flexibility index (Phi) is 4.27. The topological polar surface area (TPSA) is 54.9 Å². The van der Waals surface area contributed by atoms with Crippen molar-refractivity contribution in [2.45, 2.75) is 39.3 Å². The maximum absolute atomic E-state index is 12.2. The van der Waals surface area contributed by atoms with Gasteiger partial charge in [-0.1, -0.05) is 11.3 Å². The molecule has 0 bridgehead atoms. The van der Waals surface area contributed by atoms with Gasteiger partial charge in [-0.2, -0.15) is 0 Å². The molecule has 3 heterocycles. The van der Waals surface area contributed by atoms with Gasteiger partial charge in [-0.05, 0) is 20.8 Å². The molecule has 0 aromatic carbocycles. The molecule has 0 unspecified atom stereocenters. The largest absolute Gasteiger partial charge is 0.444 e. The lowest BCUT2D eigenvalue weighted by Gasteiger charge is -2.29. The van der Waals surface area contributed by atoms with Crippen LogP contribution < -0.4 is 4.90 Å². The molecule has 0 spiro atoms. The molecule has 2 aliphatic rings. The molecule has 1 aromatic rings. The van der Waals surface area contributed by atoms with Gasteiger partial charge in [0.25, 0.3) is 0 Å². The van der Waals surface area contributed by atoms with Crippen LogP contribution in [0.4, 0.5) is 9.93 Å². The highest BCUT2D eigenvalue weighted by atomic mass is 32.1. The van der Waals surface area contributed by atoms with E-state index in [-0.39, 0.29) is 6.09 Å². The second-order valence-corrected chi connectivity index (χ2v) is 7.68. The molecule has 0 saturated carbocycles. The molecule has 6 nitrogen and oxygen atoms in total. The quantitative estimate of drug-likeness (QED) is 0.793. The first-order valence-corrected chi connectivity index (χ1v) is 8.53. The Bertz CT molecular complexity index is 547. The Morgan fingerprint density at radius 1 is 1.27 bits per heavy atom. The van der Waals surface area contributed by atoms with Crippen LogP contribution in [0.5, 0.6) is 0 Å². The molecule has 0 N–H and O–H groups in total. The first kappa shape index (κ1) is 15.6. The molecular formula is C15H23N3O3S. The van der Waals surface area contributed by atoms with Gasteiger partial charge in [0.15, 0.2) is 5.13 Å². The van der Waals surface area contributed by atoms with Crippen molar-refractivity contribution in [3.8, 4) is 0 Å². The summed E-state index contributed by atoms with van der Waals surface area (Å²) in [6.45, 7) is 10.3. The summed E-state index contributed by atoms with van der Waals surface area (Å²) >= 11 is 1.69. The Morgan fingerprint density at radius 2 is 2.00 bits per heavy atom. The lowest BCUT2D eigenvalue weighted by molar-refractivity contribution is 0.0225. The zero-order chi connectivity index (χ0) is 15.7. The van der Waals surface area contributed by atoms with Crippen molar-refractivity contribution in [3.05, 3.63) is 10.6 Å². The summed E-state index contributed by atoms with van der Waals surface area (Å²) < 4.78 is 10.8. The van der Waals surface area contributed by atoms with E-state index in [2.05, 4.69) is 4.90 Å². The van der Waals surface area contributed by atoms with Gasteiger partial charge in [0, 0.05) is 30.9 Å². The zero-order valence-electron chi connectivity index (χ0n) is 13.4. The van der Waals surface area contributed by atoms with Crippen molar-refractivity contribution >= 4 is 22.6 Å². The lowest BCUT2D eigenvalue weighted by atomic mass is 10.2. The van der Waals surface area contributed by atoms with Crippen LogP contribution in [-0.4, -0.2) is 54.4 Å². The van der Waals surface area contributed by atoms with Gasteiger partial charge in [0.2, 0.25) is 0 Å². The SMILES string of the molecule is CC(C)(C)OC(=O)N1CCc2nc(N3CCOCC3)sc2C1. The highest BCUT2D eigenvalue weighted by Gasteiger charge is 2.28. The molecule has 1 aromatic heterocycles. The molecule has 1 saturated heterocycles. The minimum Gasteiger partial charge on any atom is -0.444 e. The van der Waals surface area contributed by atoms with E-state index in [1.807, 2.05) is 20.8 Å². The van der Waals surface area contributed by atoms with Crippen LogP contribution in [0.1, 0.15) is 31.3 Å². The summed E-state index contributed by atoms with van der Waals surface area (Å²) in [4.78, 5) is 22.2. The number of amides is 1. The van der Waals surface area contributed by atoms with Crippen molar-refractivity contribution in [3.63, 3.8) is 0 Å². The average Bonchev–Trinajstić information content (AvgIpc) is 2.89. The summed E-state index contributed by atoms with van der Waals surface area (Å²) in [6.07, 6.45) is 0.564. The van der Waals surface area contributed by atoms with Gasteiger partial charge in [-0.25, -0.2) is 9.78 Å². The number of anilines is 1. The molecular weight excluding hydrogens is 302 g/mol. The van der Waals surface area contributed by atoms with E-state index >= 15 is 0 Å². The van der Waals surface area contributed by atoms with Crippen LogP contribution in [0, 0.1) is 0 Å². The van der Waals surface area contributed by atoms with Crippen LogP contribution >= 0.6 is 11.3 Å². The summed E-state index contributed by atoms with van der Waals surface area (Å²) in [5, 5.41) is 1.05. The van der Waals surface area contributed by atoms with E-state index in [0.717, 1.165) is 43.5 Å². The van der Waals surface area contributed by atoms with Crippen LogP contribution in [0.25, 0.3) is 0 Å². The molecule has 0 aliphatic carbocycles.